The Bertz CT molecular complexity index is 1260. The van der Waals surface area contributed by atoms with Crippen LogP contribution in [0.3, 0.4) is 0 Å². The van der Waals surface area contributed by atoms with Gasteiger partial charge in [-0.15, -0.1) is 0 Å². The average molecular weight is 414 g/mol. The molecule has 148 valence electrons. The van der Waals surface area contributed by atoms with Crippen molar-refractivity contribution in [2.75, 3.05) is 0 Å². The number of Topliss-reactive ketones (excluding diaryl/α,β-unsaturated/α-hetero) is 1. The topological polar surface area (TPSA) is 80.2 Å². The first kappa shape index (κ1) is 19.7. The second kappa shape index (κ2) is 8.39. The third kappa shape index (κ3) is 4.04. The summed E-state index contributed by atoms with van der Waals surface area (Å²) in [7, 11) is 0. The van der Waals surface area contributed by atoms with E-state index in [9.17, 15) is 14.7 Å². The van der Waals surface area contributed by atoms with Gasteiger partial charge >= 0.3 is 5.97 Å². The van der Waals surface area contributed by atoms with E-state index in [4.69, 9.17) is 0 Å². The predicted octanol–water partition coefficient (Wildman–Crippen LogP) is 4.96. The normalized spacial score (nSPS) is 11.9. The van der Waals surface area contributed by atoms with Crippen LogP contribution in [0.5, 0.6) is 0 Å². The Hall–Kier alpha value is -3.64. The van der Waals surface area contributed by atoms with Gasteiger partial charge in [-0.3, -0.25) is 4.79 Å². The Morgan fingerprint density at radius 2 is 1.57 bits per heavy atom. The van der Waals surface area contributed by atoms with Gasteiger partial charge in [-0.25, -0.2) is 4.79 Å². The molecular weight excluding hydrogens is 396 g/mol. The molecule has 1 N–H and O–H groups in total. The molecule has 0 unspecified atom stereocenters. The van der Waals surface area contributed by atoms with Gasteiger partial charge in [0.25, 0.3) is 0 Å². The number of carbonyl (C=O) groups excluding carboxylic acids is 1. The quantitative estimate of drug-likeness (QED) is 0.356. The highest BCUT2D eigenvalue weighted by Gasteiger charge is 2.24. The van der Waals surface area contributed by atoms with E-state index < -0.39 is 5.97 Å². The molecule has 1 aromatic heterocycles. The number of hydrogen-bond acceptors (Lipinski definition) is 5. The number of carboxylic acid groups (broad SMARTS) is 1. The summed E-state index contributed by atoms with van der Waals surface area (Å²) >= 11 is 1.07. The highest BCUT2D eigenvalue weighted by Crippen LogP contribution is 2.28. The molecule has 0 atom stereocenters. The monoisotopic (exact) mass is 414 g/mol. The van der Waals surface area contributed by atoms with Crippen molar-refractivity contribution in [3.8, 4) is 0 Å². The average Bonchev–Trinajstić information content (AvgIpc) is 3.22. The van der Waals surface area contributed by atoms with Crippen LogP contribution in [-0.2, 0) is 11.2 Å². The minimum absolute atomic E-state index is 0.0145. The maximum absolute atomic E-state index is 13.4. The Balaban J connectivity index is 1.91. The molecule has 5 nitrogen and oxygen atoms in total. The number of ketones is 1. The van der Waals surface area contributed by atoms with E-state index in [0.717, 1.165) is 22.9 Å². The van der Waals surface area contributed by atoms with Crippen LogP contribution in [0.1, 0.15) is 27.0 Å². The number of aromatic nitrogens is 2. The lowest BCUT2D eigenvalue weighted by molar-refractivity contribution is -0.130. The van der Waals surface area contributed by atoms with Crippen LogP contribution in [0.2, 0.25) is 0 Å². The van der Waals surface area contributed by atoms with Crippen molar-refractivity contribution in [1.82, 2.24) is 8.75 Å². The number of aliphatic carboxylic acids is 1. The molecular formula is C24H18N2O3S. The molecule has 1 heterocycles. The lowest BCUT2D eigenvalue weighted by atomic mass is 9.89. The van der Waals surface area contributed by atoms with Crippen molar-refractivity contribution in [2.45, 2.75) is 13.3 Å². The van der Waals surface area contributed by atoms with Gasteiger partial charge in [0.15, 0.2) is 5.78 Å². The first-order valence-corrected chi connectivity index (χ1v) is 10.1. The Labute approximate surface area is 177 Å². The molecule has 0 aliphatic rings. The highest BCUT2D eigenvalue weighted by molar-refractivity contribution is 7.00. The van der Waals surface area contributed by atoms with Crippen LogP contribution >= 0.6 is 11.7 Å². The van der Waals surface area contributed by atoms with Gasteiger partial charge in [-0.2, -0.15) is 8.75 Å². The fourth-order valence-electron chi connectivity index (χ4n) is 3.32. The molecule has 0 fully saturated rings. The SMILES string of the molecule is Cc1ccc(C/C(C(=O)c2ccccc2)=C(\C(=O)O)c2ccc3nsnc3c2)cc1. The molecule has 4 rings (SSSR count). The van der Waals surface area contributed by atoms with Gasteiger partial charge in [0.1, 0.15) is 11.0 Å². The number of allylic oxidation sites excluding steroid dienone is 1. The van der Waals surface area contributed by atoms with E-state index in [-0.39, 0.29) is 23.4 Å². The zero-order valence-corrected chi connectivity index (χ0v) is 17.0. The van der Waals surface area contributed by atoms with Crippen LogP contribution in [0, 0.1) is 6.92 Å². The molecule has 6 heteroatoms. The molecule has 0 bridgehead atoms. The Morgan fingerprint density at radius 3 is 2.27 bits per heavy atom. The maximum Gasteiger partial charge on any atom is 0.336 e. The summed E-state index contributed by atoms with van der Waals surface area (Å²) in [5, 5.41) is 10.1. The number of hydrogen-bond donors (Lipinski definition) is 1. The second-order valence-electron chi connectivity index (χ2n) is 6.98. The smallest absolute Gasteiger partial charge is 0.336 e. The summed E-state index contributed by atoms with van der Waals surface area (Å²) < 4.78 is 8.37. The lowest BCUT2D eigenvalue weighted by Gasteiger charge is -2.13. The highest BCUT2D eigenvalue weighted by atomic mass is 32.1. The van der Waals surface area contributed by atoms with E-state index in [1.54, 1.807) is 42.5 Å². The third-order valence-electron chi connectivity index (χ3n) is 4.87. The molecule has 4 aromatic rings. The maximum atomic E-state index is 13.4. The van der Waals surface area contributed by atoms with Crippen molar-refractivity contribution in [3.63, 3.8) is 0 Å². The summed E-state index contributed by atoms with van der Waals surface area (Å²) in [6.07, 6.45) is 0.211. The minimum Gasteiger partial charge on any atom is -0.478 e. The molecule has 0 spiro atoms. The van der Waals surface area contributed by atoms with Gasteiger partial charge in [-0.05, 0) is 30.2 Å². The summed E-state index contributed by atoms with van der Waals surface area (Å²) in [6.45, 7) is 1.98. The number of fused-ring (bicyclic) bond motifs is 1. The van der Waals surface area contributed by atoms with Gasteiger partial charge in [0.2, 0.25) is 0 Å². The second-order valence-corrected chi connectivity index (χ2v) is 7.51. The molecule has 0 radical (unpaired) electrons. The summed E-state index contributed by atoms with van der Waals surface area (Å²) in [5.74, 6) is -1.45. The van der Waals surface area contributed by atoms with Crippen molar-refractivity contribution >= 4 is 40.1 Å². The van der Waals surface area contributed by atoms with Crippen LogP contribution in [0.4, 0.5) is 0 Å². The van der Waals surface area contributed by atoms with Crippen molar-refractivity contribution in [1.29, 1.82) is 0 Å². The minimum atomic E-state index is -1.15. The summed E-state index contributed by atoms with van der Waals surface area (Å²) in [5.41, 5.74) is 4.39. The standard InChI is InChI=1S/C24H18N2O3S/c1-15-7-9-16(10-8-15)13-19(23(27)17-5-3-2-4-6-17)22(24(28)29)18-11-12-20-21(14-18)26-30-25-20/h2-12,14H,13H2,1H3,(H,28,29)/b22-19+. The van der Waals surface area contributed by atoms with Gasteiger partial charge in [-0.1, -0.05) is 66.2 Å². The zero-order valence-electron chi connectivity index (χ0n) is 16.2. The van der Waals surface area contributed by atoms with Gasteiger partial charge in [0, 0.05) is 17.6 Å². The zero-order chi connectivity index (χ0) is 21.1. The van der Waals surface area contributed by atoms with E-state index in [1.165, 1.54) is 0 Å². The fourth-order valence-corrected chi connectivity index (χ4v) is 3.84. The number of carboxylic acids is 1. The summed E-state index contributed by atoms with van der Waals surface area (Å²) in [4.78, 5) is 25.8. The first-order valence-electron chi connectivity index (χ1n) is 9.37. The van der Waals surface area contributed by atoms with Crippen molar-refractivity contribution in [3.05, 3.63) is 101 Å². The largest absolute Gasteiger partial charge is 0.478 e. The van der Waals surface area contributed by atoms with E-state index >= 15 is 0 Å². The number of rotatable bonds is 6. The fraction of sp³-hybridized carbons (Fsp3) is 0.0833. The van der Waals surface area contributed by atoms with E-state index in [1.807, 2.05) is 37.3 Å². The van der Waals surface area contributed by atoms with Crippen molar-refractivity contribution in [2.24, 2.45) is 0 Å². The molecule has 0 saturated carbocycles. The van der Waals surface area contributed by atoms with Crippen molar-refractivity contribution < 1.29 is 14.7 Å². The van der Waals surface area contributed by atoms with Gasteiger partial charge in [0.05, 0.1) is 17.3 Å². The summed E-state index contributed by atoms with van der Waals surface area (Å²) in [6, 6.07) is 21.6. The predicted molar refractivity (Wildman–Crippen MR) is 118 cm³/mol. The Morgan fingerprint density at radius 1 is 0.867 bits per heavy atom. The number of nitrogens with zero attached hydrogens (tertiary/aromatic N) is 2. The van der Waals surface area contributed by atoms with E-state index in [0.29, 0.717) is 22.2 Å². The molecule has 0 amide bonds. The number of benzene rings is 3. The molecule has 0 saturated heterocycles. The first-order chi connectivity index (χ1) is 14.5. The Kier molecular flexibility index (Phi) is 5.50. The molecule has 0 aliphatic heterocycles. The van der Waals surface area contributed by atoms with E-state index in [2.05, 4.69) is 8.75 Å². The van der Waals surface area contributed by atoms with Gasteiger partial charge < -0.3 is 5.11 Å². The van der Waals surface area contributed by atoms with Crippen LogP contribution in [0.15, 0.2) is 78.4 Å². The number of carbonyl (C=O) groups is 2. The molecule has 0 aliphatic carbocycles. The van der Waals surface area contributed by atoms with Crippen LogP contribution in [0.25, 0.3) is 16.6 Å². The molecule has 30 heavy (non-hydrogen) atoms. The third-order valence-corrected chi connectivity index (χ3v) is 5.43. The lowest BCUT2D eigenvalue weighted by Crippen LogP contribution is -2.14. The number of aryl methyl sites for hydroxylation is 1. The van der Waals surface area contributed by atoms with Crippen LogP contribution in [-0.4, -0.2) is 25.6 Å². The van der Waals surface area contributed by atoms with Crippen LogP contribution < -0.4 is 0 Å². The molecule has 3 aromatic carbocycles.